The molecule has 1 aromatic carbocycles. The van der Waals surface area contributed by atoms with Crippen molar-refractivity contribution in [2.45, 2.75) is 26.7 Å². The van der Waals surface area contributed by atoms with Crippen LogP contribution in [-0.2, 0) is 12.8 Å². The SMILES string of the molecule is CCc1c(Cl)cc(C(=O)NC)c(CC)c1Cl. The fourth-order valence-corrected chi connectivity index (χ4v) is 2.57. The summed E-state index contributed by atoms with van der Waals surface area (Å²) < 4.78 is 0. The predicted octanol–water partition coefficient (Wildman–Crippen LogP) is 3.48. The third kappa shape index (κ3) is 2.33. The lowest BCUT2D eigenvalue weighted by molar-refractivity contribution is 0.0962. The van der Waals surface area contributed by atoms with Crippen LogP contribution in [0.4, 0.5) is 0 Å². The number of carbonyl (C=O) groups excluding carboxylic acids is 1. The molecule has 2 nitrogen and oxygen atoms in total. The van der Waals surface area contributed by atoms with Gasteiger partial charge < -0.3 is 5.32 Å². The van der Waals surface area contributed by atoms with Crippen LogP contribution in [-0.4, -0.2) is 13.0 Å². The second-order valence-corrected chi connectivity index (χ2v) is 4.25. The van der Waals surface area contributed by atoms with E-state index in [1.54, 1.807) is 13.1 Å². The largest absolute Gasteiger partial charge is 0.355 e. The van der Waals surface area contributed by atoms with Gasteiger partial charge in [-0.2, -0.15) is 0 Å². The van der Waals surface area contributed by atoms with Gasteiger partial charge in [0.1, 0.15) is 0 Å². The molecule has 0 spiro atoms. The highest BCUT2D eigenvalue weighted by Crippen LogP contribution is 2.32. The molecule has 0 atom stereocenters. The maximum absolute atomic E-state index is 11.7. The first kappa shape index (κ1) is 13.3. The van der Waals surface area contributed by atoms with Gasteiger partial charge in [0.15, 0.2) is 0 Å². The predicted molar refractivity (Wildman–Crippen MR) is 68.6 cm³/mol. The third-order valence-corrected chi connectivity index (χ3v) is 3.39. The topological polar surface area (TPSA) is 29.1 Å². The summed E-state index contributed by atoms with van der Waals surface area (Å²) in [4.78, 5) is 11.7. The molecule has 1 amide bonds. The molecule has 0 aliphatic heterocycles. The Morgan fingerprint density at radius 2 is 1.81 bits per heavy atom. The number of halogens is 2. The van der Waals surface area contributed by atoms with Crippen molar-refractivity contribution < 1.29 is 4.79 Å². The Kier molecular flexibility index (Phi) is 4.63. The highest BCUT2D eigenvalue weighted by atomic mass is 35.5. The zero-order valence-corrected chi connectivity index (χ0v) is 11.2. The van der Waals surface area contributed by atoms with Crippen LogP contribution in [0, 0.1) is 0 Å². The molecule has 0 aliphatic carbocycles. The average Bonchev–Trinajstić information content (AvgIpc) is 2.28. The van der Waals surface area contributed by atoms with E-state index in [9.17, 15) is 4.79 Å². The van der Waals surface area contributed by atoms with Crippen LogP contribution < -0.4 is 5.32 Å². The lowest BCUT2D eigenvalue weighted by Gasteiger charge is -2.13. The van der Waals surface area contributed by atoms with Crippen LogP contribution in [0.15, 0.2) is 6.07 Å². The molecule has 0 bridgehead atoms. The summed E-state index contributed by atoms with van der Waals surface area (Å²) in [6.07, 6.45) is 1.48. The lowest BCUT2D eigenvalue weighted by Crippen LogP contribution is -2.20. The molecule has 0 fully saturated rings. The van der Waals surface area contributed by atoms with Gasteiger partial charge in [0, 0.05) is 22.7 Å². The first-order chi connectivity index (χ1) is 7.56. The van der Waals surface area contributed by atoms with Gasteiger partial charge in [-0.05, 0) is 30.0 Å². The quantitative estimate of drug-likeness (QED) is 0.885. The molecule has 16 heavy (non-hydrogen) atoms. The lowest BCUT2D eigenvalue weighted by atomic mass is 9.99. The summed E-state index contributed by atoms with van der Waals surface area (Å²) in [7, 11) is 1.59. The highest BCUT2D eigenvalue weighted by Gasteiger charge is 2.17. The minimum Gasteiger partial charge on any atom is -0.355 e. The Bertz CT molecular complexity index is 416. The Morgan fingerprint density at radius 1 is 1.25 bits per heavy atom. The Labute approximate surface area is 106 Å². The van der Waals surface area contributed by atoms with Crippen molar-refractivity contribution in [3.63, 3.8) is 0 Å². The van der Waals surface area contributed by atoms with Crippen molar-refractivity contribution in [1.82, 2.24) is 5.32 Å². The van der Waals surface area contributed by atoms with Gasteiger partial charge in [0.25, 0.3) is 5.91 Å². The molecule has 0 saturated heterocycles. The second-order valence-electron chi connectivity index (χ2n) is 3.46. The van der Waals surface area contributed by atoms with Crippen molar-refractivity contribution in [2.75, 3.05) is 7.05 Å². The number of carbonyl (C=O) groups is 1. The van der Waals surface area contributed by atoms with Crippen LogP contribution in [0.25, 0.3) is 0 Å². The van der Waals surface area contributed by atoms with Crippen molar-refractivity contribution in [3.8, 4) is 0 Å². The Morgan fingerprint density at radius 3 is 2.25 bits per heavy atom. The monoisotopic (exact) mass is 259 g/mol. The number of benzene rings is 1. The van der Waals surface area contributed by atoms with Gasteiger partial charge in [0.2, 0.25) is 0 Å². The van der Waals surface area contributed by atoms with E-state index < -0.39 is 0 Å². The van der Waals surface area contributed by atoms with Crippen LogP contribution in [0.1, 0.15) is 35.3 Å². The van der Waals surface area contributed by atoms with E-state index in [1.165, 1.54) is 0 Å². The molecule has 0 unspecified atom stereocenters. The fraction of sp³-hybridized carbons (Fsp3) is 0.417. The summed E-state index contributed by atoms with van der Waals surface area (Å²) in [6, 6.07) is 1.70. The number of rotatable bonds is 3. The highest BCUT2D eigenvalue weighted by molar-refractivity contribution is 6.37. The average molecular weight is 260 g/mol. The standard InChI is InChI=1S/C12H15Cl2NO/c1-4-7-9(12(16)15-3)6-10(13)8(5-2)11(7)14/h6H,4-5H2,1-3H3,(H,15,16). The first-order valence-corrected chi connectivity index (χ1v) is 6.04. The van der Waals surface area contributed by atoms with Crippen molar-refractivity contribution in [2.24, 2.45) is 0 Å². The summed E-state index contributed by atoms with van der Waals surface area (Å²) in [5.41, 5.74) is 2.34. The third-order valence-electron chi connectivity index (χ3n) is 2.59. The number of nitrogens with one attached hydrogen (secondary N) is 1. The maximum atomic E-state index is 11.7. The molecule has 4 heteroatoms. The van der Waals surface area contributed by atoms with Crippen LogP contribution in [0.3, 0.4) is 0 Å². The molecule has 0 aromatic heterocycles. The van der Waals surface area contributed by atoms with Crippen molar-refractivity contribution >= 4 is 29.1 Å². The summed E-state index contributed by atoms with van der Waals surface area (Å²) in [5, 5.41) is 3.77. The zero-order chi connectivity index (χ0) is 12.3. The Hall–Kier alpha value is -0.730. The van der Waals surface area contributed by atoms with E-state index in [-0.39, 0.29) is 5.91 Å². The fourth-order valence-electron chi connectivity index (χ4n) is 1.71. The van der Waals surface area contributed by atoms with E-state index in [2.05, 4.69) is 5.32 Å². The van der Waals surface area contributed by atoms with Crippen LogP contribution >= 0.6 is 23.2 Å². The Balaban J connectivity index is 3.46. The van der Waals surface area contributed by atoms with Crippen molar-refractivity contribution in [3.05, 3.63) is 32.8 Å². The minimum atomic E-state index is -0.150. The molecule has 0 saturated carbocycles. The van der Waals surface area contributed by atoms with E-state index in [0.29, 0.717) is 22.0 Å². The van der Waals surface area contributed by atoms with E-state index in [4.69, 9.17) is 23.2 Å². The zero-order valence-electron chi connectivity index (χ0n) is 9.66. The van der Waals surface area contributed by atoms with Gasteiger partial charge >= 0.3 is 0 Å². The van der Waals surface area contributed by atoms with Crippen LogP contribution in [0.2, 0.25) is 10.0 Å². The van der Waals surface area contributed by atoms with E-state index >= 15 is 0 Å². The summed E-state index contributed by atoms with van der Waals surface area (Å²) >= 11 is 12.4. The van der Waals surface area contributed by atoms with Gasteiger partial charge in [-0.25, -0.2) is 0 Å². The molecule has 0 radical (unpaired) electrons. The molecular weight excluding hydrogens is 245 g/mol. The smallest absolute Gasteiger partial charge is 0.251 e. The molecule has 1 rings (SSSR count). The van der Waals surface area contributed by atoms with Gasteiger partial charge in [-0.15, -0.1) is 0 Å². The number of amides is 1. The van der Waals surface area contributed by atoms with Gasteiger partial charge in [-0.3, -0.25) is 4.79 Å². The molecule has 0 aliphatic rings. The maximum Gasteiger partial charge on any atom is 0.251 e. The normalized spacial score (nSPS) is 10.3. The van der Waals surface area contributed by atoms with Gasteiger partial charge in [0.05, 0.1) is 0 Å². The molecule has 1 aromatic rings. The summed E-state index contributed by atoms with van der Waals surface area (Å²) in [6.45, 7) is 3.97. The van der Waals surface area contributed by atoms with E-state index in [1.807, 2.05) is 13.8 Å². The van der Waals surface area contributed by atoms with Gasteiger partial charge in [-0.1, -0.05) is 37.0 Å². The van der Waals surface area contributed by atoms with Crippen molar-refractivity contribution in [1.29, 1.82) is 0 Å². The minimum absolute atomic E-state index is 0.150. The van der Waals surface area contributed by atoms with E-state index in [0.717, 1.165) is 17.5 Å². The first-order valence-electron chi connectivity index (χ1n) is 5.28. The summed E-state index contributed by atoms with van der Waals surface area (Å²) in [5.74, 6) is -0.150. The van der Waals surface area contributed by atoms with Crippen LogP contribution in [0.5, 0.6) is 0 Å². The molecule has 88 valence electrons. The molecule has 0 heterocycles. The number of hydrogen-bond acceptors (Lipinski definition) is 1. The second kappa shape index (κ2) is 5.55. The number of hydrogen-bond donors (Lipinski definition) is 1. The molecule has 1 N–H and O–H groups in total. The molecular formula is C12H15Cl2NO.